The molecule has 164 valence electrons. The molecule has 1 aliphatic rings. The molecule has 0 saturated carbocycles. The lowest BCUT2D eigenvalue weighted by Gasteiger charge is -2.26. The number of rotatable bonds is 8. The standard InChI is InChI=1S/C18H27F3N4O3S/c1-22-17(23-6-7-25-8-10-29(26,27)11-9-25)24-12-15-2-4-16(5-3-15)13-28-14-18(19,20)21/h2-5H,6-14H2,1H3,(H2,22,23,24). The van der Waals surface area contributed by atoms with Gasteiger partial charge < -0.3 is 15.4 Å². The van der Waals surface area contributed by atoms with Crippen LogP contribution in [-0.4, -0.2) is 76.8 Å². The second-order valence-electron chi connectivity index (χ2n) is 6.77. The summed E-state index contributed by atoms with van der Waals surface area (Å²) in [6, 6.07) is 7.10. The molecule has 1 heterocycles. The van der Waals surface area contributed by atoms with Crippen molar-refractivity contribution in [2.24, 2.45) is 4.99 Å². The first-order chi connectivity index (χ1) is 13.7. The molecule has 0 amide bonds. The van der Waals surface area contributed by atoms with E-state index in [9.17, 15) is 21.6 Å². The van der Waals surface area contributed by atoms with Gasteiger partial charge in [-0.15, -0.1) is 0 Å². The van der Waals surface area contributed by atoms with E-state index in [1.807, 2.05) is 12.1 Å². The molecule has 0 bridgehead atoms. The number of guanidine groups is 1. The molecule has 29 heavy (non-hydrogen) atoms. The first kappa shape index (κ1) is 23.4. The van der Waals surface area contributed by atoms with Crippen molar-refractivity contribution in [2.45, 2.75) is 19.3 Å². The van der Waals surface area contributed by atoms with E-state index >= 15 is 0 Å². The van der Waals surface area contributed by atoms with E-state index < -0.39 is 22.6 Å². The summed E-state index contributed by atoms with van der Waals surface area (Å²) < 4.78 is 63.7. The van der Waals surface area contributed by atoms with Gasteiger partial charge in [0.15, 0.2) is 15.8 Å². The molecular formula is C18H27F3N4O3S. The quantitative estimate of drug-likeness (QED) is 0.470. The Morgan fingerprint density at radius 3 is 2.34 bits per heavy atom. The topological polar surface area (TPSA) is 83.0 Å². The lowest BCUT2D eigenvalue weighted by Crippen LogP contribution is -2.45. The number of alkyl halides is 3. The van der Waals surface area contributed by atoms with E-state index in [0.29, 0.717) is 37.7 Å². The largest absolute Gasteiger partial charge is 0.411 e. The highest BCUT2D eigenvalue weighted by molar-refractivity contribution is 7.91. The van der Waals surface area contributed by atoms with Crippen molar-refractivity contribution >= 4 is 15.8 Å². The highest BCUT2D eigenvalue weighted by atomic mass is 32.2. The van der Waals surface area contributed by atoms with Crippen molar-refractivity contribution < 1.29 is 26.3 Å². The maximum Gasteiger partial charge on any atom is 0.411 e. The molecule has 1 aliphatic heterocycles. The first-order valence-corrected chi connectivity index (χ1v) is 11.1. The average molecular weight is 437 g/mol. The molecule has 0 spiro atoms. The molecule has 0 unspecified atom stereocenters. The predicted octanol–water partition coefficient (Wildman–Crippen LogP) is 1.16. The van der Waals surface area contributed by atoms with E-state index in [1.54, 1.807) is 19.2 Å². The molecular weight excluding hydrogens is 409 g/mol. The molecule has 1 saturated heterocycles. The van der Waals surface area contributed by atoms with Crippen molar-refractivity contribution in [3.63, 3.8) is 0 Å². The molecule has 2 rings (SSSR count). The van der Waals surface area contributed by atoms with Gasteiger partial charge in [-0.1, -0.05) is 24.3 Å². The third-order valence-corrected chi connectivity index (χ3v) is 6.01. The van der Waals surface area contributed by atoms with Gasteiger partial charge in [0.25, 0.3) is 0 Å². The third kappa shape index (κ3) is 9.46. The summed E-state index contributed by atoms with van der Waals surface area (Å²) in [6.45, 7) is 1.62. The van der Waals surface area contributed by atoms with Gasteiger partial charge in [0.2, 0.25) is 0 Å². The smallest absolute Gasteiger partial charge is 0.367 e. The van der Waals surface area contributed by atoms with Gasteiger partial charge in [0, 0.05) is 39.8 Å². The predicted molar refractivity (Wildman–Crippen MR) is 105 cm³/mol. The number of benzene rings is 1. The lowest BCUT2D eigenvalue weighted by atomic mass is 10.1. The van der Waals surface area contributed by atoms with Crippen molar-refractivity contribution in [3.8, 4) is 0 Å². The van der Waals surface area contributed by atoms with Gasteiger partial charge in [0.1, 0.15) is 6.61 Å². The number of sulfone groups is 1. The van der Waals surface area contributed by atoms with Gasteiger partial charge in [-0.25, -0.2) is 8.42 Å². The van der Waals surface area contributed by atoms with E-state index in [0.717, 1.165) is 12.1 Å². The molecule has 2 N–H and O–H groups in total. The number of halogens is 3. The lowest BCUT2D eigenvalue weighted by molar-refractivity contribution is -0.176. The SMILES string of the molecule is CN=C(NCCN1CCS(=O)(=O)CC1)NCc1ccc(COCC(F)(F)F)cc1. The molecule has 1 aromatic rings. The number of nitrogens with zero attached hydrogens (tertiary/aromatic N) is 2. The van der Waals surface area contributed by atoms with Gasteiger partial charge in [-0.2, -0.15) is 13.2 Å². The Morgan fingerprint density at radius 2 is 1.76 bits per heavy atom. The van der Waals surface area contributed by atoms with Gasteiger partial charge >= 0.3 is 6.18 Å². The van der Waals surface area contributed by atoms with Crippen LogP contribution in [0, 0.1) is 0 Å². The van der Waals surface area contributed by atoms with Crippen LogP contribution in [0.15, 0.2) is 29.3 Å². The number of hydrogen-bond acceptors (Lipinski definition) is 5. The maximum absolute atomic E-state index is 12.1. The normalized spacial score (nSPS) is 17.9. The number of ether oxygens (including phenoxy) is 1. The number of aliphatic imine (C=N–C) groups is 1. The van der Waals surface area contributed by atoms with E-state index in [2.05, 4.69) is 25.3 Å². The Labute approximate surface area is 169 Å². The van der Waals surface area contributed by atoms with E-state index in [-0.39, 0.29) is 18.1 Å². The summed E-state index contributed by atoms with van der Waals surface area (Å²) >= 11 is 0. The zero-order valence-electron chi connectivity index (χ0n) is 16.3. The molecule has 11 heteroatoms. The second kappa shape index (κ2) is 10.8. The van der Waals surface area contributed by atoms with Crippen LogP contribution in [0.1, 0.15) is 11.1 Å². The summed E-state index contributed by atoms with van der Waals surface area (Å²) in [5.74, 6) is 1.03. The van der Waals surface area contributed by atoms with Crippen molar-refractivity contribution in [1.82, 2.24) is 15.5 Å². The zero-order chi connectivity index (χ0) is 21.3. The van der Waals surface area contributed by atoms with Gasteiger partial charge in [-0.3, -0.25) is 9.89 Å². The molecule has 1 fully saturated rings. The summed E-state index contributed by atoms with van der Waals surface area (Å²) in [6.07, 6.45) is -4.32. The van der Waals surface area contributed by atoms with Crippen LogP contribution in [0.25, 0.3) is 0 Å². The molecule has 7 nitrogen and oxygen atoms in total. The summed E-state index contributed by atoms with van der Waals surface area (Å²) in [7, 11) is -1.22. The van der Waals surface area contributed by atoms with Crippen LogP contribution in [0.2, 0.25) is 0 Å². The minimum Gasteiger partial charge on any atom is -0.367 e. The number of hydrogen-bond donors (Lipinski definition) is 2. The third-order valence-electron chi connectivity index (χ3n) is 4.40. The Hall–Kier alpha value is -1.85. The summed E-state index contributed by atoms with van der Waals surface area (Å²) in [5.41, 5.74) is 1.62. The maximum atomic E-state index is 12.1. The van der Waals surface area contributed by atoms with Crippen molar-refractivity contribution in [1.29, 1.82) is 0 Å². The molecule has 0 radical (unpaired) electrons. The fourth-order valence-corrected chi connectivity index (χ4v) is 4.03. The van der Waals surface area contributed by atoms with Crippen LogP contribution in [0.5, 0.6) is 0 Å². The zero-order valence-corrected chi connectivity index (χ0v) is 17.2. The van der Waals surface area contributed by atoms with E-state index in [4.69, 9.17) is 0 Å². The molecule has 0 atom stereocenters. The van der Waals surface area contributed by atoms with Crippen LogP contribution in [-0.2, 0) is 27.7 Å². The Balaban J connectivity index is 1.67. The van der Waals surface area contributed by atoms with Crippen LogP contribution in [0.4, 0.5) is 13.2 Å². The highest BCUT2D eigenvalue weighted by Crippen LogP contribution is 2.15. The van der Waals surface area contributed by atoms with Crippen LogP contribution < -0.4 is 10.6 Å². The Kier molecular flexibility index (Phi) is 8.72. The second-order valence-corrected chi connectivity index (χ2v) is 9.07. The summed E-state index contributed by atoms with van der Waals surface area (Å²) in [5, 5.41) is 6.35. The molecule has 1 aromatic carbocycles. The van der Waals surface area contributed by atoms with Crippen molar-refractivity contribution in [2.75, 3.05) is 51.3 Å². The van der Waals surface area contributed by atoms with Gasteiger partial charge in [0.05, 0.1) is 18.1 Å². The monoisotopic (exact) mass is 436 g/mol. The fraction of sp³-hybridized carbons (Fsp3) is 0.611. The van der Waals surface area contributed by atoms with E-state index in [1.165, 1.54) is 0 Å². The fourth-order valence-electron chi connectivity index (χ4n) is 2.75. The molecule has 0 aliphatic carbocycles. The van der Waals surface area contributed by atoms with Crippen LogP contribution >= 0.6 is 0 Å². The first-order valence-electron chi connectivity index (χ1n) is 9.26. The average Bonchev–Trinajstić information content (AvgIpc) is 2.66. The van der Waals surface area contributed by atoms with Crippen LogP contribution in [0.3, 0.4) is 0 Å². The van der Waals surface area contributed by atoms with Crippen molar-refractivity contribution in [3.05, 3.63) is 35.4 Å². The minimum atomic E-state index is -4.32. The highest BCUT2D eigenvalue weighted by Gasteiger charge is 2.27. The molecule has 0 aromatic heterocycles. The van der Waals surface area contributed by atoms with Gasteiger partial charge in [-0.05, 0) is 11.1 Å². The Bertz CT molecular complexity index is 754. The number of nitrogens with one attached hydrogen (secondary N) is 2. The minimum absolute atomic E-state index is 0.0890. The Morgan fingerprint density at radius 1 is 1.14 bits per heavy atom. The summed E-state index contributed by atoms with van der Waals surface area (Å²) in [4.78, 5) is 6.24.